The van der Waals surface area contributed by atoms with Crippen molar-refractivity contribution >= 4 is 29.2 Å². The number of rotatable bonds is 7. The fraction of sp³-hybridized carbons (Fsp3) is 0.731. The van der Waals surface area contributed by atoms with Gasteiger partial charge in [-0.15, -0.1) is 10.2 Å². The van der Waals surface area contributed by atoms with E-state index < -0.39 is 77.8 Å². The lowest BCUT2D eigenvalue weighted by atomic mass is 9.77. The lowest BCUT2D eigenvalue weighted by Gasteiger charge is -2.42. The summed E-state index contributed by atoms with van der Waals surface area (Å²) in [5.74, 6) is -7.94. The van der Waals surface area contributed by atoms with Crippen LogP contribution in [0, 0.1) is 35.5 Å². The molecule has 69 heavy (non-hydrogen) atoms. The molecule has 0 spiro atoms. The van der Waals surface area contributed by atoms with E-state index in [1.54, 1.807) is 45.9 Å². The van der Waals surface area contributed by atoms with Gasteiger partial charge >= 0.3 is 5.97 Å². The van der Waals surface area contributed by atoms with E-state index in [0.717, 1.165) is 18.4 Å². The van der Waals surface area contributed by atoms with Gasteiger partial charge in [-0.2, -0.15) is 4.80 Å². The van der Waals surface area contributed by atoms with Crippen LogP contribution in [0.1, 0.15) is 132 Å². The third kappa shape index (κ3) is 14.2. The van der Waals surface area contributed by atoms with E-state index in [4.69, 9.17) is 23.7 Å². The predicted octanol–water partition coefficient (Wildman–Crippen LogP) is 6.05. The van der Waals surface area contributed by atoms with Crippen LogP contribution in [-0.2, 0) is 47.7 Å². The molecule has 2 unspecified atom stereocenters. The van der Waals surface area contributed by atoms with Gasteiger partial charge in [-0.1, -0.05) is 71.1 Å². The Hall–Kier alpha value is -4.26. The Kier molecular flexibility index (Phi) is 20.8. The average molecular weight is 966 g/mol. The average Bonchev–Trinajstić information content (AvgIpc) is 3.88. The molecule has 1 amide bonds. The Labute approximate surface area is 408 Å². The van der Waals surface area contributed by atoms with Gasteiger partial charge in [0.1, 0.15) is 30.1 Å². The second-order valence-corrected chi connectivity index (χ2v) is 20.3. The number of aliphatic hydroxyl groups excluding tert-OH is 1. The van der Waals surface area contributed by atoms with E-state index in [0.29, 0.717) is 56.9 Å². The Balaban J connectivity index is 1.46. The molecule has 3 aliphatic heterocycles. The standard InChI is InChI=1S/C52H79N5O12/c1-31-16-12-11-13-17-32(2)43(65-8)28-39-21-19-37(7)52(64,69-39)49(61)50(62)56-23-15-14-18-41(56)51(63)68-44(34(4)26-38-20-22-40(45(27-38)66-9)57-54-30-53-55-57)29-42(58)33(3)25-36(6)47(60)48(67-10)46(59)35(5)24-31/h11-13,16-17,25,30-31,33-35,37-41,43-45,47-48,60,64H,14-15,18-24,26-29H2,1-10H3/b13-11+,16-12+,32-17+,36-25+/t31-,33-,34-,35-,37-,38+,39?,40+,41?,43+,44+,45-,47-,48+,52-/m1/s1. The van der Waals surface area contributed by atoms with Crippen LogP contribution in [0.15, 0.2) is 53.9 Å². The number of Topliss-reactive ketones (excluding diaryl/α,β-unsaturated/α-hetero) is 3. The van der Waals surface area contributed by atoms with E-state index in [1.165, 1.54) is 18.3 Å². The minimum atomic E-state index is -2.43. The van der Waals surface area contributed by atoms with Gasteiger partial charge in [0.05, 0.1) is 24.4 Å². The van der Waals surface area contributed by atoms with Crippen LogP contribution < -0.4 is 0 Å². The number of aliphatic hydroxyl groups is 2. The molecule has 0 aromatic carbocycles. The SMILES string of the molecule is CO[C@H]1CC2CC[C@@H](C)[C@@](O)(O2)C(=O)C(=O)N2CCCCC2C(=O)O[C@H]([C@H](C)C[C@@H]2CC[C@H](n3ncnn3)[C@H](OC)C2)CC(=O)[C@H](C)/C=C(\C)[C@@H](O)[C@@H](OC)C(=O)[C@H](C)C[C@H](C)/C=C/C=C/C=C/1C. The molecule has 1 saturated carbocycles. The van der Waals surface area contributed by atoms with Crippen molar-refractivity contribution in [3.63, 3.8) is 0 Å². The molecule has 1 aromatic rings. The molecule has 0 radical (unpaired) electrons. The molecule has 1 aliphatic carbocycles. The monoisotopic (exact) mass is 966 g/mol. The number of allylic oxidation sites excluding steroid dienone is 6. The Morgan fingerprint density at radius 1 is 0.884 bits per heavy atom. The van der Waals surface area contributed by atoms with Gasteiger partial charge in [0.25, 0.3) is 11.7 Å². The number of amides is 1. The van der Waals surface area contributed by atoms with Crippen molar-refractivity contribution in [2.24, 2.45) is 35.5 Å². The number of methoxy groups -OCH3 is 3. The van der Waals surface area contributed by atoms with Crippen LogP contribution in [0.2, 0.25) is 0 Å². The molecule has 384 valence electrons. The third-order valence-electron chi connectivity index (χ3n) is 15.1. The number of aromatic nitrogens is 4. The van der Waals surface area contributed by atoms with Crippen molar-refractivity contribution in [3.8, 4) is 0 Å². The molecule has 17 nitrogen and oxygen atoms in total. The molecular formula is C52H79N5O12. The zero-order chi connectivity index (χ0) is 50.6. The molecule has 3 fully saturated rings. The summed E-state index contributed by atoms with van der Waals surface area (Å²) < 4.78 is 29.9. The number of fused-ring (bicyclic) bond motifs is 3. The van der Waals surface area contributed by atoms with Crippen molar-refractivity contribution in [2.75, 3.05) is 27.9 Å². The number of carbonyl (C=O) groups excluding carboxylic acids is 5. The fourth-order valence-corrected chi connectivity index (χ4v) is 10.7. The van der Waals surface area contributed by atoms with Crippen LogP contribution in [-0.4, -0.2) is 141 Å². The number of hydrogen-bond acceptors (Lipinski definition) is 15. The summed E-state index contributed by atoms with van der Waals surface area (Å²) in [6, 6.07) is -1.24. The Morgan fingerprint density at radius 2 is 1.64 bits per heavy atom. The number of ketones is 3. The topological polar surface area (TPSA) is 219 Å². The molecule has 17 heteroatoms. The lowest BCUT2D eigenvalue weighted by Crippen LogP contribution is -2.61. The lowest BCUT2D eigenvalue weighted by molar-refractivity contribution is -0.265. The number of tetrazole rings is 1. The number of carbonyl (C=O) groups is 5. The van der Waals surface area contributed by atoms with E-state index in [2.05, 4.69) is 15.4 Å². The van der Waals surface area contributed by atoms with Crippen molar-refractivity contribution in [2.45, 2.75) is 180 Å². The van der Waals surface area contributed by atoms with E-state index in [9.17, 15) is 34.2 Å². The molecule has 4 aliphatic rings. The van der Waals surface area contributed by atoms with E-state index in [1.807, 2.05) is 58.1 Å². The van der Waals surface area contributed by atoms with Gasteiger partial charge in [0, 0.05) is 58.5 Å². The summed E-state index contributed by atoms with van der Waals surface area (Å²) in [5, 5.41) is 35.7. The highest BCUT2D eigenvalue weighted by atomic mass is 16.6. The minimum absolute atomic E-state index is 0.0168. The molecule has 2 bridgehead atoms. The van der Waals surface area contributed by atoms with Crippen molar-refractivity contribution in [1.29, 1.82) is 0 Å². The van der Waals surface area contributed by atoms with E-state index >= 15 is 0 Å². The van der Waals surface area contributed by atoms with Crippen LogP contribution >= 0.6 is 0 Å². The maximum atomic E-state index is 14.5. The largest absolute Gasteiger partial charge is 0.460 e. The third-order valence-corrected chi connectivity index (χ3v) is 15.1. The second-order valence-electron chi connectivity index (χ2n) is 20.3. The second kappa shape index (κ2) is 25.7. The quantitative estimate of drug-likeness (QED) is 0.181. The highest BCUT2D eigenvalue weighted by molar-refractivity contribution is 6.39. The van der Waals surface area contributed by atoms with Gasteiger partial charge in [-0.05, 0) is 112 Å². The van der Waals surface area contributed by atoms with Crippen LogP contribution in [0.25, 0.3) is 0 Å². The number of hydrogen-bond donors (Lipinski definition) is 2. The smallest absolute Gasteiger partial charge is 0.329 e. The molecule has 4 heterocycles. The number of piperidine rings is 1. The zero-order valence-electron chi connectivity index (χ0n) is 42.5. The van der Waals surface area contributed by atoms with Gasteiger partial charge in [0.15, 0.2) is 12.1 Å². The summed E-state index contributed by atoms with van der Waals surface area (Å²) in [6.45, 7) is 12.8. The maximum absolute atomic E-state index is 14.5. The first-order valence-electron chi connectivity index (χ1n) is 25.0. The van der Waals surface area contributed by atoms with Gasteiger partial charge in [0.2, 0.25) is 5.79 Å². The van der Waals surface area contributed by atoms with Crippen LogP contribution in [0.4, 0.5) is 0 Å². The normalized spacial score (nSPS) is 38.8. The highest BCUT2D eigenvalue weighted by Crippen LogP contribution is 2.39. The number of cyclic esters (lactones) is 1. The fourth-order valence-electron chi connectivity index (χ4n) is 10.7. The Bertz CT molecular complexity index is 2020. The number of nitrogens with zero attached hydrogens (tertiary/aromatic N) is 5. The summed E-state index contributed by atoms with van der Waals surface area (Å²) in [7, 11) is 4.61. The first kappa shape index (κ1) is 55.7. The number of ether oxygens (including phenoxy) is 5. The van der Waals surface area contributed by atoms with Crippen molar-refractivity contribution in [3.05, 3.63) is 53.9 Å². The van der Waals surface area contributed by atoms with E-state index in [-0.39, 0.29) is 60.9 Å². The summed E-state index contributed by atoms with van der Waals surface area (Å²) in [4.78, 5) is 73.9. The zero-order valence-corrected chi connectivity index (χ0v) is 42.5. The highest BCUT2D eigenvalue weighted by Gasteiger charge is 2.53. The molecule has 5 rings (SSSR count). The number of esters is 1. The van der Waals surface area contributed by atoms with Crippen molar-refractivity contribution in [1.82, 2.24) is 25.1 Å². The molecule has 1 aromatic heterocycles. The van der Waals surface area contributed by atoms with Crippen molar-refractivity contribution < 1.29 is 57.9 Å². The van der Waals surface area contributed by atoms with Gasteiger partial charge in [-0.3, -0.25) is 19.2 Å². The summed E-state index contributed by atoms with van der Waals surface area (Å²) in [6.07, 6.45) is 13.7. The summed E-state index contributed by atoms with van der Waals surface area (Å²) >= 11 is 0. The molecule has 15 atom stereocenters. The van der Waals surface area contributed by atoms with Gasteiger partial charge in [-0.25, -0.2) is 4.79 Å². The molecule has 2 N–H and O–H groups in total. The first-order chi connectivity index (χ1) is 32.8. The summed E-state index contributed by atoms with van der Waals surface area (Å²) in [5.41, 5.74) is 1.27. The maximum Gasteiger partial charge on any atom is 0.329 e. The van der Waals surface area contributed by atoms with Crippen LogP contribution in [0.3, 0.4) is 0 Å². The van der Waals surface area contributed by atoms with Crippen LogP contribution in [0.5, 0.6) is 0 Å². The van der Waals surface area contributed by atoms with Gasteiger partial charge < -0.3 is 38.8 Å². The first-order valence-corrected chi connectivity index (χ1v) is 25.0. The molecule has 2 saturated heterocycles. The Morgan fingerprint density at radius 3 is 2.32 bits per heavy atom. The predicted molar refractivity (Wildman–Crippen MR) is 256 cm³/mol. The minimum Gasteiger partial charge on any atom is -0.460 e. The molecular weight excluding hydrogens is 887 g/mol.